The second kappa shape index (κ2) is 7.12. The number of ether oxygens (including phenoxy) is 1. The Morgan fingerprint density at radius 2 is 1.59 bits per heavy atom. The number of rotatable bonds is 5. The van der Waals surface area contributed by atoms with E-state index in [2.05, 4.69) is 10.6 Å². The van der Waals surface area contributed by atoms with Crippen LogP contribution in [0.5, 0.6) is 11.5 Å². The van der Waals surface area contributed by atoms with Crippen LogP contribution >= 0.6 is 0 Å². The minimum Gasteiger partial charge on any atom is -0.480 e. The van der Waals surface area contributed by atoms with E-state index in [1.807, 2.05) is 30.3 Å². The molecule has 0 aliphatic carbocycles. The van der Waals surface area contributed by atoms with Gasteiger partial charge in [-0.1, -0.05) is 18.2 Å². The topological polar surface area (TPSA) is 87.7 Å². The largest absolute Gasteiger partial charge is 0.480 e. The minimum absolute atomic E-state index is 0.538. The summed E-state index contributed by atoms with van der Waals surface area (Å²) in [6.45, 7) is 1.39. The molecule has 0 spiro atoms. The monoisotopic (exact) mass is 300 g/mol. The van der Waals surface area contributed by atoms with Crippen LogP contribution in [0.4, 0.5) is 10.5 Å². The van der Waals surface area contributed by atoms with Gasteiger partial charge in [0.2, 0.25) is 0 Å². The number of carbonyl (C=O) groups is 2. The van der Waals surface area contributed by atoms with Gasteiger partial charge in [0, 0.05) is 5.69 Å². The summed E-state index contributed by atoms with van der Waals surface area (Å²) in [6.07, 6.45) is 0. The molecule has 22 heavy (non-hydrogen) atoms. The fourth-order valence-electron chi connectivity index (χ4n) is 1.66. The molecule has 2 aromatic rings. The van der Waals surface area contributed by atoms with Gasteiger partial charge in [0.15, 0.2) is 0 Å². The average Bonchev–Trinajstić information content (AvgIpc) is 2.50. The smallest absolute Gasteiger partial charge is 0.325 e. The quantitative estimate of drug-likeness (QED) is 0.792. The number of benzene rings is 2. The van der Waals surface area contributed by atoms with Crippen molar-refractivity contribution in [3.05, 3.63) is 54.6 Å². The first kappa shape index (κ1) is 15.4. The van der Waals surface area contributed by atoms with E-state index in [0.717, 1.165) is 5.75 Å². The number of nitrogens with one attached hydrogen (secondary N) is 2. The molecule has 0 saturated heterocycles. The first-order valence-electron chi connectivity index (χ1n) is 6.68. The van der Waals surface area contributed by atoms with Gasteiger partial charge < -0.3 is 20.5 Å². The summed E-state index contributed by atoms with van der Waals surface area (Å²) < 4.78 is 5.63. The van der Waals surface area contributed by atoms with Gasteiger partial charge in [0.1, 0.15) is 17.5 Å². The Morgan fingerprint density at radius 1 is 1.00 bits per heavy atom. The van der Waals surface area contributed by atoms with Crippen LogP contribution in [0.3, 0.4) is 0 Å². The van der Waals surface area contributed by atoms with Crippen molar-refractivity contribution in [3.63, 3.8) is 0 Å². The van der Waals surface area contributed by atoms with Crippen molar-refractivity contribution in [3.8, 4) is 11.5 Å². The predicted molar refractivity (Wildman–Crippen MR) is 82.2 cm³/mol. The summed E-state index contributed by atoms with van der Waals surface area (Å²) >= 11 is 0. The van der Waals surface area contributed by atoms with E-state index in [9.17, 15) is 9.59 Å². The van der Waals surface area contributed by atoms with Gasteiger partial charge in [0.05, 0.1) is 0 Å². The number of carbonyl (C=O) groups excluding carboxylic acids is 1. The lowest BCUT2D eigenvalue weighted by Crippen LogP contribution is -2.40. The van der Waals surface area contributed by atoms with Gasteiger partial charge in [-0.05, 0) is 43.3 Å². The maximum Gasteiger partial charge on any atom is 0.325 e. The second-order valence-electron chi connectivity index (χ2n) is 4.60. The van der Waals surface area contributed by atoms with Gasteiger partial charge in [-0.2, -0.15) is 0 Å². The summed E-state index contributed by atoms with van der Waals surface area (Å²) in [7, 11) is 0. The highest BCUT2D eigenvalue weighted by molar-refractivity contribution is 5.92. The molecule has 0 aliphatic rings. The van der Waals surface area contributed by atoms with E-state index in [1.54, 1.807) is 24.3 Å². The van der Waals surface area contributed by atoms with Crippen molar-refractivity contribution >= 4 is 17.7 Å². The summed E-state index contributed by atoms with van der Waals surface area (Å²) in [4.78, 5) is 22.2. The molecular formula is C16H16N2O4. The number of carboxylic acids is 1. The molecule has 1 unspecified atom stereocenters. The fourth-order valence-corrected chi connectivity index (χ4v) is 1.66. The van der Waals surface area contributed by atoms with Crippen molar-refractivity contribution in [1.82, 2.24) is 5.32 Å². The first-order chi connectivity index (χ1) is 10.5. The van der Waals surface area contributed by atoms with Crippen LogP contribution in [-0.2, 0) is 4.79 Å². The Labute approximate surface area is 127 Å². The van der Waals surface area contributed by atoms with Gasteiger partial charge in [-0.3, -0.25) is 4.79 Å². The zero-order chi connectivity index (χ0) is 15.9. The van der Waals surface area contributed by atoms with E-state index < -0.39 is 18.0 Å². The maximum atomic E-state index is 11.6. The molecule has 2 aromatic carbocycles. The van der Waals surface area contributed by atoms with Crippen molar-refractivity contribution in [2.75, 3.05) is 5.32 Å². The first-order valence-corrected chi connectivity index (χ1v) is 6.68. The van der Waals surface area contributed by atoms with Crippen LogP contribution in [0, 0.1) is 0 Å². The third kappa shape index (κ3) is 4.52. The van der Waals surface area contributed by atoms with E-state index in [1.165, 1.54) is 6.92 Å². The summed E-state index contributed by atoms with van der Waals surface area (Å²) in [6, 6.07) is 14.6. The van der Waals surface area contributed by atoms with Crippen molar-refractivity contribution in [2.45, 2.75) is 13.0 Å². The van der Waals surface area contributed by atoms with Crippen LogP contribution in [0.15, 0.2) is 54.6 Å². The summed E-state index contributed by atoms with van der Waals surface area (Å²) in [5.74, 6) is 0.258. The Balaban J connectivity index is 1.92. The SMILES string of the molecule is CC(NC(=O)Nc1ccc(Oc2ccccc2)cc1)C(=O)O. The van der Waals surface area contributed by atoms with E-state index >= 15 is 0 Å². The Bertz CT molecular complexity index is 641. The molecule has 2 amide bonds. The highest BCUT2D eigenvalue weighted by Crippen LogP contribution is 2.22. The number of aliphatic carboxylic acids is 1. The molecular weight excluding hydrogens is 284 g/mol. The van der Waals surface area contributed by atoms with Gasteiger partial charge in [-0.25, -0.2) is 4.79 Å². The zero-order valence-corrected chi connectivity index (χ0v) is 11.9. The van der Waals surface area contributed by atoms with Crippen molar-refractivity contribution < 1.29 is 19.4 Å². The van der Waals surface area contributed by atoms with Gasteiger partial charge >= 0.3 is 12.0 Å². The van der Waals surface area contributed by atoms with E-state index in [0.29, 0.717) is 11.4 Å². The molecule has 0 fully saturated rings. The Hall–Kier alpha value is -3.02. The molecule has 3 N–H and O–H groups in total. The van der Waals surface area contributed by atoms with Crippen LogP contribution < -0.4 is 15.4 Å². The highest BCUT2D eigenvalue weighted by Gasteiger charge is 2.13. The molecule has 2 rings (SSSR count). The molecule has 1 atom stereocenters. The predicted octanol–water partition coefficient (Wildman–Crippen LogP) is 3.07. The van der Waals surface area contributed by atoms with Crippen LogP contribution in [0.2, 0.25) is 0 Å². The molecule has 6 nitrogen and oxygen atoms in total. The molecule has 0 saturated carbocycles. The molecule has 6 heteroatoms. The highest BCUT2D eigenvalue weighted by atomic mass is 16.5. The van der Waals surface area contributed by atoms with Crippen LogP contribution in [0.1, 0.15) is 6.92 Å². The van der Waals surface area contributed by atoms with Crippen LogP contribution in [0.25, 0.3) is 0 Å². The van der Waals surface area contributed by atoms with E-state index in [-0.39, 0.29) is 0 Å². The lowest BCUT2D eigenvalue weighted by Gasteiger charge is -2.11. The zero-order valence-electron chi connectivity index (χ0n) is 11.9. The summed E-state index contributed by atoms with van der Waals surface area (Å²) in [5, 5.41) is 13.6. The second-order valence-corrected chi connectivity index (χ2v) is 4.60. The number of hydrogen-bond acceptors (Lipinski definition) is 3. The third-order valence-electron chi connectivity index (χ3n) is 2.81. The van der Waals surface area contributed by atoms with Gasteiger partial charge in [-0.15, -0.1) is 0 Å². The molecule has 114 valence electrons. The standard InChI is InChI=1S/C16H16N2O4/c1-11(15(19)20)17-16(21)18-12-7-9-14(10-8-12)22-13-5-3-2-4-6-13/h2-11H,1H3,(H,19,20)(H2,17,18,21). The van der Waals surface area contributed by atoms with Crippen molar-refractivity contribution in [2.24, 2.45) is 0 Å². The average molecular weight is 300 g/mol. The number of amides is 2. The molecule has 0 bridgehead atoms. The summed E-state index contributed by atoms with van der Waals surface area (Å²) in [5.41, 5.74) is 0.538. The lowest BCUT2D eigenvalue weighted by molar-refractivity contribution is -0.138. The normalized spacial score (nSPS) is 11.3. The molecule has 0 heterocycles. The third-order valence-corrected chi connectivity index (χ3v) is 2.81. The van der Waals surface area contributed by atoms with Crippen molar-refractivity contribution in [1.29, 1.82) is 0 Å². The number of hydrogen-bond donors (Lipinski definition) is 3. The number of carboxylic acid groups (broad SMARTS) is 1. The number of anilines is 1. The fraction of sp³-hybridized carbons (Fsp3) is 0.125. The number of para-hydroxylation sites is 1. The Kier molecular flexibility index (Phi) is 4.98. The van der Waals surface area contributed by atoms with Crippen LogP contribution in [-0.4, -0.2) is 23.1 Å². The Morgan fingerprint density at radius 3 is 2.18 bits per heavy atom. The maximum absolute atomic E-state index is 11.6. The minimum atomic E-state index is -1.10. The molecule has 0 aromatic heterocycles. The molecule has 0 aliphatic heterocycles. The molecule has 0 radical (unpaired) electrons. The van der Waals surface area contributed by atoms with Gasteiger partial charge in [0.25, 0.3) is 0 Å². The lowest BCUT2D eigenvalue weighted by atomic mass is 10.3. The van der Waals surface area contributed by atoms with E-state index in [4.69, 9.17) is 9.84 Å². The number of urea groups is 1.